The van der Waals surface area contributed by atoms with Crippen LogP contribution in [0.4, 0.5) is 0 Å². The molecule has 68 heavy (non-hydrogen) atoms. The van der Waals surface area contributed by atoms with E-state index in [9.17, 15) is 48.3 Å². The molecule has 7 atom stereocenters. The van der Waals surface area contributed by atoms with Gasteiger partial charge in [0.1, 0.15) is 42.3 Å². The Labute approximate surface area is 397 Å². The number of aliphatic carboxylic acids is 2. The molecule has 11 N–H and O–H groups in total. The molecular formula is C49H68N8O11. The van der Waals surface area contributed by atoms with E-state index in [1.807, 2.05) is 19.9 Å². The van der Waals surface area contributed by atoms with Gasteiger partial charge in [0.15, 0.2) is 0 Å². The lowest BCUT2D eigenvalue weighted by atomic mass is 9.98. The quantitative estimate of drug-likeness (QED) is 0.0520. The third-order valence-electron chi connectivity index (χ3n) is 11.1. The van der Waals surface area contributed by atoms with Gasteiger partial charge in [0.2, 0.25) is 41.4 Å². The van der Waals surface area contributed by atoms with E-state index < -0.39 is 114 Å². The van der Waals surface area contributed by atoms with Crippen LogP contribution in [0.1, 0.15) is 90.7 Å². The molecule has 1 aliphatic carbocycles. The minimum absolute atomic E-state index is 0.0428. The number of unbranched alkanes of at least 4 members (excludes halogenated alkanes) is 1. The summed E-state index contributed by atoms with van der Waals surface area (Å²) in [5.41, 5.74) is 7.48. The summed E-state index contributed by atoms with van der Waals surface area (Å²) in [5, 5.41) is 37.2. The fraction of sp³-hybridized carbons (Fsp3) is 0.490. The molecule has 0 saturated carbocycles. The minimum atomic E-state index is -1.54. The summed E-state index contributed by atoms with van der Waals surface area (Å²) in [6, 6.07) is 8.64. The van der Waals surface area contributed by atoms with Crippen LogP contribution in [0.3, 0.4) is 0 Å². The number of carboxylic acids is 2. The predicted octanol–water partition coefficient (Wildman–Crippen LogP) is 1.55. The van der Waals surface area contributed by atoms with Crippen LogP contribution >= 0.6 is 0 Å². The van der Waals surface area contributed by atoms with E-state index in [0.717, 1.165) is 0 Å². The number of nitrogens with one attached hydrogen (secondary N) is 7. The van der Waals surface area contributed by atoms with Gasteiger partial charge in [0, 0.05) is 24.8 Å². The first kappa shape index (κ1) is 55.4. The lowest BCUT2D eigenvalue weighted by Gasteiger charge is -2.29. The zero-order valence-electron chi connectivity index (χ0n) is 39.4. The Hall–Kier alpha value is -6.89. The van der Waals surface area contributed by atoms with Crippen molar-refractivity contribution in [1.82, 2.24) is 37.2 Å². The van der Waals surface area contributed by atoms with E-state index in [-0.39, 0.29) is 31.6 Å². The van der Waals surface area contributed by atoms with Crippen molar-refractivity contribution in [2.45, 2.75) is 135 Å². The average molecular weight is 945 g/mol. The second-order valence-corrected chi connectivity index (χ2v) is 17.6. The second-order valence-electron chi connectivity index (χ2n) is 17.6. The standard InChI is InChI=1S/C49H68N8O11/c1-29(2)26-37(54-44(62)35(22-14-15-25-50)52-43(61)34-20-12-13-21-34)47(65)57-41(30(3)4)48(66)56-39(28-33-18-10-7-11-19-33)46(64)55-38(27-32-16-8-6-9-17-32)45(63)51-31(5)42(60)53-36(49(67)68)23-24-40(58)59/h6-13,16-20,29-31,35-39,41H,14-15,21-28,50H2,1-5H3,(H,51,63)(H,52,61)(H,53,60)(H,54,62)(H,55,64)(H,56,66)(H,57,65)(H,58,59)(H,67,68)/t31-,35-,36-,37-,38-,39-,41-/m0/s1. The van der Waals surface area contributed by atoms with Crippen LogP contribution in [0.2, 0.25) is 0 Å². The maximum absolute atomic E-state index is 14.4. The number of amides is 7. The number of carbonyl (C=O) groups is 9. The predicted molar refractivity (Wildman–Crippen MR) is 253 cm³/mol. The Morgan fingerprint density at radius 2 is 1.09 bits per heavy atom. The summed E-state index contributed by atoms with van der Waals surface area (Å²) in [7, 11) is 0. The van der Waals surface area contributed by atoms with Crippen LogP contribution in [0.5, 0.6) is 0 Å². The fourth-order valence-corrected chi connectivity index (χ4v) is 7.25. The average Bonchev–Trinajstić information content (AvgIpc) is 3.84. The molecule has 1 aliphatic rings. The molecule has 3 rings (SSSR count). The molecule has 7 amide bonds. The molecule has 2 aromatic carbocycles. The molecule has 0 heterocycles. The van der Waals surface area contributed by atoms with Crippen molar-refractivity contribution in [2.75, 3.05) is 6.54 Å². The summed E-state index contributed by atoms with van der Waals surface area (Å²) < 4.78 is 0. The molecule has 0 radical (unpaired) electrons. The van der Waals surface area contributed by atoms with Gasteiger partial charge in [0.25, 0.3) is 0 Å². The Kier molecular flexibility index (Phi) is 23.1. The number of benzene rings is 2. The van der Waals surface area contributed by atoms with Gasteiger partial charge in [-0.15, -0.1) is 0 Å². The third-order valence-corrected chi connectivity index (χ3v) is 11.1. The zero-order valence-corrected chi connectivity index (χ0v) is 39.4. The van der Waals surface area contributed by atoms with E-state index in [1.54, 1.807) is 86.7 Å². The summed E-state index contributed by atoms with van der Waals surface area (Å²) >= 11 is 0. The van der Waals surface area contributed by atoms with Crippen LogP contribution < -0.4 is 43.0 Å². The highest BCUT2D eigenvalue weighted by Gasteiger charge is 2.35. The first-order valence-corrected chi connectivity index (χ1v) is 23.0. The SMILES string of the molecule is CC(C)C[C@H](NC(=O)[C@H](CCCCN)NC(=O)C1=CC=CC1)C(=O)N[C@H](C(=O)N[C@@H](Cc1ccccc1)C(=O)N[C@@H](Cc1ccccc1)C(=O)N[C@@H](C)C(=O)N[C@@H](CCC(=O)O)C(=O)O)C(C)C. The molecule has 370 valence electrons. The number of hydrogen-bond acceptors (Lipinski definition) is 10. The molecule has 0 aliphatic heterocycles. The smallest absolute Gasteiger partial charge is 0.326 e. The number of rotatable bonds is 29. The lowest BCUT2D eigenvalue weighted by Crippen LogP contribution is -2.61. The molecule has 19 nitrogen and oxygen atoms in total. The largest absolute Gasteiger partial charge is 0.481 e. The van der Waals surface area contributed by atoms with E-state index in [1.165, 1.54) is 6.92 Å². The van der Waals surface area contributed by atoms with Gasteiger partial charge >= 0.3 is 11.9 Å². The van der Waals surface area contributed by atoms with Gasteiger partial charge in [-0.05, 0) is 75.0 Å². The topological polar surface area (TPSA) is 304 Å². The molecule has 19 heteroatoms. The van der Waals surface area contributed by atoms with E-state index >= 15 is 0 Å². The zero-order chi connectivity index (χ0) is 50.3. The van der Waals surface area contributed by atoms with Gasteiger partial charge in [-0.1, -0.05) is 107 Å². The number of carboxylic acid groups (broad SMARTS) is 2. The van der Waals surface area contributed by atoms with Crippen molar-refractivity contribution in [2.24, 2.45) is 17.6 Å². The van der Waals surface area contributed by atoms with Gasteiger partial charge in [-0.25, -0.2) is 4.79 Å². The van der Waals surface area contributed by atoms with E-state index in [4.69, 9.17) is 10.8 Å². The molecule has 0 fully saturated rings. The highest BCUT2D eigenvalue weighted by Crippen LogP contribution is 2.14. The molecule has 0 bridgehead atoms. The Bertz CT molecular complexity index is 2110. The summed E-state index contributed by atoms with van der Waals surface area (Å²) in [4.78, 5) is 119. The number of allylic oxidation sites excluding steroid dienone is 3. The summed E-state index contributed by atoms with van der Waals surface area (Å²) in [5.74, 6) is -8.18. The third kappa shape index (κ3) is 19.1. The molecule has 0 aromatic heterocycles. The van der Waals surface area contributed by atoms with Crippen LogP contribution in [0.25, 0.3) is 0 Å². The summed E-state index contributed by atoms with van der Waals surface area (Å²) in [6.45, 7) is 8.82. The fourth-order valence-electron chi connectivity index (χ4n) is 7.25. The molecule has 0 saturated heterocycles. The van der Waals surface area contributed by atoms with Crippen molar-refractivity contribution in [3.63, 3.8) is 0 Å². The van der Waals surface area contributed by atoms with Gasteiger partial charge in [-0.2, -0.15) is 0 Å². The Morgan fingerprint density at radius 3 is 1.59 bits per heavy atom. The number of nitrogens with two attached hydrogens (primary N) is 1. The lowest BCUT2D eigenvalue weighted by molar-refractivity contribution is -0.143. The number of hydrogen-bond donors (Lipinski definition) is 10. The molecule has 2 aromatic rings. The highest BCUT2D eigenvalue weighted by molar-refractivity contribution is 6.00. The number of carbonyl (C=O) groups excluding carboxylic acids is 7. The minimum Gasteiger partial charge on any atom is -0.481 e. The first-order valence-electron chi connectivity index (χ1n) is 23.0. The van der Waals surface area contributed by atoms with Crippen LogP contribution in [0, 0.1) is 11.8 Å². The van der Waals surface area contributed by atoms with Crippen LogP contribution in [-0.4, -0.2) is 112 Å². The van der Waals surface area contributed by atoms with Crippen molar-refractivity contribution in [1.29, 1.82) is 0 Å². The Morgan fingerprint density at radius 1 is 0.574 bits per heavy atom. The normalized spacial score (nSPS) is 15.0. The van der Waals surface area contributed by atoms with Crippen molar-refractivity contribution < 1.29 is 53.4 Å². The van der Waals surface area contributed by atoms with Crippen molar-refractivity contribution in [3.05, 3.63) is 95.6 Å². The van der Waals surface area contributed by atoms with Gasteiger partial charge in [0.05, 0.1) is 0 Å². The maximum Gasteiger partial charge on any atom is 0.326 e. The maximum atomic E-state index is 14.4. The van der Waals surface area contributed by atoms with Crippen LogP contribution in [0.15, 0.2) is 84.5 Å². The monoisotopic (exact) mass is 945 g/mol. The van der Waals surface area contributed by atoms with E-state index in [0.29, 0.717) is 42.5 Å². The Balaban J connectivity index is 1.86. The van der Waals surface area contributed by atoms with Gasteiger partial charge < -0.3 is 53.2 Å². The van der Waals surface area contributed by atoms with Gasteiger partial charge in [-0.3, -0.25) is 38.4 Å². The molecule has 0 spiro atoms. The van der Waals surface area contributed by atoms with E-state index in [2.05, 4.69) is 37.2 Å². The van der Waals surface area contributed by atoms with Crippen LogP contribution in [-0.2, 0) is 56.0 Å². The highest BCUT2D eigenvalue weighted by atomic mass is 16.4. The van der Waals surface area contributed by atoms with Crippen molar-refractivity contribution in [3.8, 4) is 0 Å². The molecular weight excluding hydrogens is 877 g/mol. The molecule has 0 unspecified atom stereocenters. The summed E-state index contributed by atoms with van der Waals surface area (Å²) in [6.07, 6.45) is 6.27. The second kappa shape index (κ2) is 28.3. The first-order chi connectivity index (χ1) is 32.3. The van der Waals surface area contributed by atoms with Crippen molar-refractivity contribution >= 4 is 53.3 Å².